The summed E-state index contributed by atoms with van der Waals surface area (Å²) >= 11 is 0. The minimum absolute atomic E-state index is 0.0117. The number of likely N-dealkylation sites (tertiary alicyclic amines) is 1. The van der Waals surface area contributed by atoms with Gasteiger partial charge in [-0.3, -0.25) is 19.1 Å². The van der Waals surface area contributed by atoms with Gasteiger partial charge in [-0.15, -0.1) is 6.58 Å². The van der Waals surface area contributed by atoms with E-state index in [1.54, 1.807) is 41.5 Å². The van der Waals surface area contributed by atoms with Gasteiger partial charge in [-0.1, -0.05) is 112 Å². The predicted molar refractivity (Wildman–Crippen MR) is 217 cm³/mol. The summed E-state index contributed by atoms with van der Waals surface area (Å²) in [7, 11) is -3.93. The second-order valence-electron chi connectivity index (χ2n) is 17.5. The van der Waals surface area contributed by atoms with Crippen LogP contribution in [-0.2, 0) is 46.1 Å². The van der Waals surface area contributed by atoms with Crippen molar-refractivity contribution in [3.63, 3.8) is 0 Å². The molecule has 0 radical (unpaired) electrons. The first-order chi connectivity index (χ1) is 26.8. The van der Waals surface area contributed by atoms with Gasteiger partial charge < -0.3 is 25.0 Å². The van der Waals surface area contributed by atoms with Crippen LogP contribution in [0, 0.1) is 11.3 Å². The van der Waals surface area contributed by atoms with E-state index in [0.717, 1.165) is 22.3 Å². The average Bonchev–Trinajstić information content (AvgIpc) is 4.09. The molecular formula is C44H54N4O8S. The zero-order valence-corrected chi connectivity index (χ0v) is 34.4. The van der Waals surface area contributed by atoms with Gasteiger partial charge in [-0.25, -0.2) is 13.2 Å². The van der Waals surface area contributed by atoms with E-state index in [4.69, 9.17) is 9.47 Å². The van der Waals surface area contributed by atoms with E-state index in [1.165, 1.54) is 11.0 Å². The Morgan fingerprint density at radius 1 is 0.877 bits per heavy atom. The molecule has 1 aliphatic heterocycles. The van der Waals surface area contributed by atoms with Crippen molar-refractivity contribution < 1.29 is 37.1 Å². The topological polar surface area (TPSA) is 160 Å². The molecule has 0 spiro atoms. The summed E-state index contributed by atoms with van der Waals surface area (Å²) in [6, 6.07) is 24.9. The monoisotopic (exact) mass is 798 g/mol. The number of ether oxygens (including phenoxy) is 2. The standard InChI is InChI=1S/C44H54N4O8S/c1-8-32-25-44(32,39(51)47-57(53,54)34-23-24-34)46-37(49)35-26-43(55-27-29-15-11-9-12-16-29,33-21-19-31(20-22-33)30-17-13-10-14-18-30)28-48(35)38(50)36(41(2,3)4)45-40(52)56-42(5,6)7/h8-22,32,34-36H,1,23-28H2,2-7H3,(H,45,52)(H,46,49)(H,47,51)/t32-,35-,36-,43+,44-/m1/s1. The Morgan fingerprint density at radius 3 is 2.02 bits per heavy atom. The average molecular weight is 799 g/mol. The van der Waals surface area contributed by atoms with Crippen LogP contribution in [-0.4, -0.2) is 72.2 Å². The fraction of sp³-hybridized carbons (Fsp3) is 0.455. The molecule has 3 fully saturated rings. The fourth-order valence-corrected chi connectivity index (χ4v) is 8.75. The van der Waals surface area contributed by atoms with Gasteiger partial charge in [-0.05, 0) is 67.7 Å². The number of amides is 4. The zero-order valence-electron chi connectivity index (χ0n) is 33.5. The number of nitrogens with zero attached hydrogens (tertiary/aromatic N) is 1. The molecular weight excluding hydrogens is 745 g/mol. The Morgan fingerprint density at radius 2 is 1.47 bits per heavy atom. The maximum absolute atomic E-state index is 15.0. The van der Waals surface area contributed by atoms with Crippen LogP contribution in [0.5, 0.6) is 0 Å². The quantitative estimate of drug-likeness (QED) is 0.178. The highest BCUT2D eigenvalue weighted by Crippen LogP contribution is 2.47. The van der Waals surface area contributed by atoms with Crippen molar-refractivity contribution in [3.05, 3.63) is 109 Å². The number of benzene rings is 3. The van der Waals surface area contributed by atoms with Crippen LogP contribution in [0.15, 0.2) is 97.6 Å². The second-order valence-corrected chi connectivity index (χ2v) is 19.5. The van der Waals surface area contributed by atoms with Gasteiger partial charge in [-0.2, -0.15) is 0 Å². The molecule has 13 heteroatoms. The van der Waals surface area contributed by atoms with Gasteiger partial charge in [0.05, 0.1) is 18.4 Å². The van der Waals surface area contributed by atoms with Crippen LogP contribution in [0.1, 0.15) is 78.4 Å². The van der Waals surface area contributed by atoms with E-state index in [1.807, 2.05) is 84.9 Å². The van der Waals surface area contributed by atoms with Crippen molar-refractivity contribution >= 4 is 33.8 Å². The number of carbonyl (C=O) groups is 4. The van der Waals surface area contributed by atoms with E-state index in [0.29, 0.717) is 12.8 Å². The summed E-state index contributed by atoms with van der Waals surface area (Å²) < 4.78 is 40.3. The van der Waals surface area contributed by atoms with Crippen molar-refractivity contribution in [2.75, 3.05) is 6.54 Å². The van der Waals surface area contributed by atoms with Crippen LogP contribution in [0.4, 0.5) is 4.79 Å². The number of nitrogens with one attached hydrogen (secondary N) is 3. The van der Waals surface area contributed by atoms with Gasteiger partial charge in [0, 0.05) is 12.3 Å². The number of carbonyl (C=O) groups excluding carboxylic acids is 4. The summed E-state index contributed by atoms with van der Waals surface area (Å²) in [6.45, 7) is 14.5. The molecule has 2 aliphatic carbocycles. The Hall–Kier alpha value is -5.01. The molecule has 3 aromatic carbocycles. The molecule has 304 valence electrons. The molecule has 0 aromatic heterocycles. The number of sulfonamides is 1. The lowest BCUT2D eigenvalue weighted by Gasteiger charge is -2.36. The van der Waals surface area contributed by atoms with Crippen LogP contribution >= 0.6 is 0 Å². The van der Waals surface area contributed by atoms with Crippen LogP contribution in [0.25, 0.3) is 11.1 Å². The molecule has 4 amide bonds. The molecule has 3 aromatic rings. The first-order valence-corrected chi connectivity index (χ1v) is 21.0. The second kappa shape index (κ2) is 15.7. The molecule has 0 unspecified atom stereocenters. The Balaban J connectivity index is 1.40. The van der Waals surface area contributed by atoms with Crippen LogP contribution < -0.4 is 15.4 Å². The molecule has 3 aliphatic rings. The predicted octanol–water partition coefficient (Wildman–Crippen LogP) is 5.98. The summed E-state index contributed by atoms with van der Waals surface area (Å²) in [5.74, 6) is -2.60. The van der Waals surface area contributed by atoms with E-state index in [2.05, 4.69) is 21.9 Å². The van der Waals surface area contributed by atoms with Gasteiger partial charge in [0.15, 0.2) is 0 Å². The minimum Gasteiger partial charge on any atom is -0.444 e. The smallest absolute Gasteiger partial charge is 0.408 e. The number of hydrogen-bond acceptors (Lipinski definition) is 8. The van der Waals surface area contributed by atoms with Gasteiger partial charge >= 0.3 is 6.09 Å². The van der Waals surface area contributed by atoms with Crippen molar-refractivity contribution in [1.82, 2.24) is 20.3 Å². The Kier molecular flexibility index (Phi) is 11.5. The normalized spacial score (nSPS) is 23.9. The Labute approximate surface area is 335 Å². The van der Waals surface area contributed by atoms with Crippen LogP contribution in [0.3, 0.4) is 0 Å². The van der Waals surface area contributed by atoms with Crippen molar-refractivity contribution in [2.24, 2.45) is 11.3 Å². The molecule has 12 nitrogen and oxygen atoms in total. The maximum Gasteiger partial charge on any atom is 0.408 e. The fourth-order valence-electron chi connectivity index (χ4n) is 7.39. The number of hydrogen-bond donors (Lipinski definition) is 3. The van der Waals surface area contributed by atoms with Crippen molar-refractivity contribution in [1.29, 1.82) is 0 Å². The lowest BCUT2D eigenvalue weighted by atomic mass is 9.85. The number of alkyl carbamates (subject to hydrolysis) is 1. The molecule has 1 saturated heterocycles. The van der Waals surface area contributed by atoms with E-state index in [9.17, 15) is 27.6 Å². The third kappa shape index (κ3) is 9.42. The van der Waals surface area contributed by atoms with E-state index >= 15 is 0 Å². The van der Waals surface area contributed by atoms with E-state index < -0.39 is 79.2 Å². The summed E-state index contributed by atoms with van der Waals surface area (Å²) in [5, 5.41) is 4.99. The molecule has 5 atom stereocenters. The van der Waals surface area contributed by atoms with Gasteiger partial charge in [0.25, 0.3) is 5.91 Å². The molecule has 1 heterocycles. The lowest BCUT2D eigenvalue weighted by molar-refractivity contribution is -0.143. The molecule has 57 heavy (non-hydrogen) atoms. The molecule has 6 rings (SSSR count). The van der Waals surface area contributed by atoms with Gasteiger partial charge in [0.2, 0.25) is 21.8 Å². The third-order valence-electron chi connectivity index (χ3n) is 10.8. The Bertz CT molecular complexity index is 2090. The molecule has 2 saturated carbocycles. The highest BCUT2D eigenvalue weighted by atomic mass is 32.2. The molecule has 3 N–H and O–H groups in total. The maximum atomic E-state index is 15.0. The summed E-state index contributed by atoms with van der Waals surface area (Å²) in [6.07, 6.45) is 1.76. The van der Waals surface area contributed by atoms with Gasteiger partial charge in [0.1, 0.15) is 28.8 Å². The first kappa shape index (κ1) is 41.6. The van der Waals surface area contributed by atoms with Crippen molar-refractivity contribution in [3.8, 4) is 11.1 Å². The summed E-state index contributed by atoms with van der Waals surface area (Å²) in [4.78, 5) is 58.1. The molecule has 0 bridgehead atoms. The largest absolute Gasteiger partial charge is 0.444 e. The minimum atomic E-state index is -3.93. The number of rotatable bonds is 13. The third-order valence-corrected chi connectivity index (χ3v) is 12.6. The van der Waals surface area contributed by atoms with E-state index in [-0.39, 0.29) is 26.0 Å². The van der Waals surface area contributed by atoms with Crippen molar-refractivity contribution in [2.45, 2.75) is 108 Å². The summed E-state index contributed by atoms with van der Waals surface area (Å²) in [5.41, 5.74) is -0.926. The zero-order chi connectivity index (χ0) is 41.4. The SMILES string of the molecule is C=C[C@@H]1C[C@]1(NC(=O)[C@H]1C[C@@](OCc2ccccc2)(c2ccc(-c3ccccc3)cc2)CN1C(=O)[C@@H](NC(=O)OC(C)(C)C)C(C)(C)C)C(=O)NS(=O)(=O)C1CC1. The highest BCUT2D eigenvalue weighted by molar-refractivity contribution is 7.91. The lowest BCUT2D eigenvalue weighted by Crippen LogP contribution is -2.60. The highest BCUT2D eigenvalue weighted by Gasteiger charge is 2.63. The van der Waals surface area contributed by atoms with Crippen LogP contribution in [0.2, 0.25) is 0 Å². The first-order valence-electron chi connectivity index (χ1n) is 19.4.